The molecule has 3 aromatic rings. The van der Waals surface area contributed by atoms with Crippen molar-refractivity contribution in [2.24, 2.45) is 0 Å². The van der Waals surface area contributed by atoms with E-state index >= 15 is 0 Å². The molecule has 1 amide bonds. The Labute approximate surface area is 150 Å². The van der Waals surface area contributed by atoms with Crippen molar-refractivity contribution in [2.45, 2.75) is 18.6 Å². The molecule has 0 bridgehead atoms. The van der Waals surface area contributed by atoms with Gasteiger partial charge in [0.1, 0.15) is 11.6 Å². The second-order valence-electron chi connectivity index (χ2n) is 5.52. The Morgan fingerprint density at radius 2 is 2.08 bits per heavy atom. The first-order chi connectivity index (χ1) is 12.2. The Morgan fingerprint density at radius 1 is 1.24 bits per heavy atom. The van der Waals surface area contributed by atoms with Crippen LogP contribution in [0, 0.1) is 0 Å². The number of fused-ring (bicyclic) bond motifs is 1. The highest BCUT2D eigenvalue weighted by Gasteiger charge is 2.13. The lowest BCUT2D eigenvalue weighted by Gasteiger charge is -2.15. The summed E-state index contributed by atoms with van der Waals surface area (Å²) in [5.41, 5.74) is 0.868. The number of hydrogen-bond acceptors (Lipinski definition) is 6. The third-order valence-corrected chi connectivity index (χ3v) is 4.48. The fraction of sp³-hybridized carbons (Fsp3) is 0.278. The van der Waals surface area contributed by atoms with E-state index in [1.807, 2.05) is 43.3 Å². The van der Waals surface area contributed by atoms with Gasteiger partial charge in [0.25, 0.3) is 0 Å². The van der Waals surface area contributed by atoms with Crippen molar-refractivity contribution in [3.05, 3.63) is 48.4 Å². The molecule has 0 aliphatic carbocycles. The number of anilines is 1. The minimum Gasteiger partial charge on any atom is -0.467 e. The zero-order valence-electron chi connectivity index (χ0n) is 14.2. The van der Waals surface area contributed by atoms with E-state index in [1.54, 1.807) is 18.2 Å². The summed E-state index contributed by atoms with van der Waals surface area (Å²) in [7, 11) is 1.76. The molecule has 0 radical (unpaired) electrons. The second-order valence-corrected chi connectivity index (χ2v) is 6.46. The second kappa shape index (κ2) is 8.02. The first kappa shape index (κ1) is 17.3. The lowest BCUT2D eigenvalue weighted by molar-refractivity contribution is -0.127. The van der Waals surface area contributed by atoms with Gasteiger partial charge in [0, 0.05) is 19.0 Å². The van der Waals surface area contributed by atoms with Crippen molar-refractivity contribution in [2.75, 3.05) is 24.7 Å². The molecule has 0 saturated carbocycles. The van der Waals surface area contributed by atoms with Crippen molar-refractivity contribution in [1.29, 1.82) is 0 Å². The molecule has 2 heterocycles. The zero-order valence-corrected chi connectivity index (χ0v) is 15.0. The number of carbonyl (C=O) groups is 1. The molecule has 7 heteroatoms. The summed E-state index contributed by atoms with van der Waals surface area (Å²) in [5, 5.41) is 4.83. The van der Waals surface area contributed by atoms with Crippen LogP contribution < -0.4 is 5.32 Å². The fourth-order valence-electron chi connectivity index (χ4n) is 2.38. The number of furan rings is 1. The van der Waals surface area contributed by atoms with Gasteiger partial charge in [0.15, 0.2) is 5.16 Å². The lowest BCUT2D eigenvalue weighted by atomic mass is 10.2. The number of carbonyl (C=O) groups excluding carboxylic acids is 1. The molecule has 0 saturated heterocycles. The summed E-state index contributed by atoms with van der Waals surface area (Å²) in [4.78, 5) is 23.0. The van der Waals surface area contributed by atoms with Crippen LogP contribution in [0.15, 0.2) is 52.2 Å². The molecule has 0 unspecified atom stereocenters. The van der Waals surface area contributed by atoms with Gasteiger partial charge in [-0.3, -0.25) is 4.79 Å². The van der Waals surface area contributed by atoms with Crippen LogP contribution in [0.2, 0.25) is 0 Å². The molecule has 0 fully saturated rings. The number of aromatic nitrogens is 2. The maximum absolute atomic E-state index is 12.3. The summed E-state index contributed by atoms with van der Waals surface area (Å²) < 4.78 is 5.27. The van der Waals surface area contributed by atoms with Crippen molar-refractivity contribution >= 4 is 34.4 Å². The molecule has 6 nitrogen and oxygen atoms in total. The van der Waals surface area contributed by atoms with Gasteiger partial charge in [-0.15, -0.1) is 0 Å². The summed E-state index contributed by atoms with van der Waals surface area (Å²) in [6, 6.07) is 11.5. The Kier molecular flexibility index (Phi) is 5.55. The predicted octanol–water partition coefficient (Wildman–Crippen LogP) is 3.41. The maximum Gasteiger partial charge on any atom is 0.233 e. The van der Waals surface area contributed by atoms with Crippen LogP contribution in [0.4, 0.5) is 5.82 Å². The van der Waals surface area contributed by atoms with Crippen LogP contribution in [0.25, 0.3) is 10.9 Å². The molecule has 0 aliphatic rings. The van der Waals surface area contributed by atoms with Gasteiger partial charge >= 0.3 is 0 Å². The molecule has 1 N–H and O–H groups in total. The highest BCUT2D eigenvalue weighted by molar-refractivity contribution is 7.99. The maximum atomic E-state index is 12.3. The monoisotopic (exact) mass is 356 g/mol. The molecule has 130 valence electrons. The Morgan fingerprint density at radius 3 is 2.84 bits per heavy atom. The number of para-hydroxylation sites is 1. The van der Waals surface area contributed by atoms with Crippen LogP contribution in [0.5, 0.6) is 0 Å². The summed E-state index contributed by atoms with van der Waals surface area (Å²) in [6.07, 6.45) is 1.60. The van der Waals surface area contributed by atoms with Gasteiger partial charge < -0.3 is 14.6 Å². The molecule has 0 aliphatic heterocycles. The van der Waals surface area contributed by atoms with E-state index < -0.39 is 0 Å². The number of nitrogens with one attached hydrogen (secondary N) is 1. The number of hydrogen-bond donors (Lipinski definition) is 1. The molecular formula is C18H20N4O2S. The predicted molar refractivity (Wildman–Crippen MR) is 99.6 cm³/mol. The van der Waals surface area contributed by atoms with Crippen LogP contribution in [0.3, 0.4) is 0 Å². The van der Waals surface area contributed by atoms with E-state index in [0.29, 0.717) is 11.7 Å². The largest absolute Gasteiger partial charge is 0.467 e. The van der Waals surface area contributed by atoms with Gasteiger partial charge in [0.05, 0.1) is 24.1 Å². The van der Waals surface area contributed by atoms with E-state index in [2.05, 4.69) is 15.3 Å². The van der Waals surface area contributed by atoms with Gasteiger partial charge in [-0.25, -0.2) is 9.97 Å². The topological polar surface area (TPSA) is 71.3 Å². The standard InChI is InChI=1S/C18H20N4O2S/c1-3-19-17-14-8-4-5-9-15(14)20-18(21-17)25-12-16(23)22(2)11-13-7-6-10-24-13/h4-10H,3,11-12H2,1-2H3,(H,19,20,21). The Balaban J connectivity index is 1.69. The van der Waals surface area contributed by atoms with Crippen molar-refractivity contribution in [3.63, 3.8) is 0 Å². The number of thioether (sulfide) groups is 1. The molecule has 0 spiro atoms. The SMILES string of the molecule is CCNc1nc(SCC(=O)N(C)Cc2ccco2)nc2ccccc12. The molecule has 2 aromatic heterocycles. The third-order valence-electron chi connectivity index (χ3n) is 3.65. The van der Waals surface area contributed by atoms with E-state index in [-0.39, 0.29) is 11.7 Å². The average Bonchev–Trinajstić information content (AvgIpc) is 3.13. The number of amides is 1. The Bertz CT molecular complexity index is 851. The first-order valence-corrected chi connectivity index (χ1v) is 9.05. The molecular weight excluding hydrogens is 336 g/mol. The average molecular weight is 356 g/mol. The minimum absolute atomic E-state index is 0.00293. The van der Waals surface area contributed by atoms with Crippen LogP contribution in [-0.2, 0) is 11.3 Å². The summed E-state index contributed by atoms with van der Waals surface area (Å²) in [5.74, 6) is 1.84. The fourth-order valence-corrected chi connectivity index (χ4v) is 3.17. The van der Waals surface area contributed by atoms with E-state index in [0.717, 1.165) is 29.0 Å². The van der Waals surface area contributed by atoms with E-state index in [9.17, 15) is 4.79 Å². The molecule has 25 heavy (non-hydrogen) atoms. The van der Waals surface area contributed by atoms with Gasteiger partial charge in [0.2, 0.25) is 5.91 Å². The molecule has 1 aromatic carbocycles. The van der Waals surface area contributed by atoms with Crippen LogP contribution in [-0.4, -0.2) is 40.1 Å². The summed E-state index contributed by atoms with van der Waals surface area (Å²) in [6.45, 7) is 3.25. The van der Waals surface area contributed by atoms with Gasteiger partial charge in [-0.05, 0) is 31.2 Å². The van der Waals surface area contributed by atoms with Crippen molar-refractivity contribution < 1.29 is 9.21 Å². The Hall–Kier alpha value is -2.54. The van der Waals surface area contributed by atoms with Gasteiger partial charge in [-0.1, -0.05) is 23.9 Å². The molecule has 3 rings (SSSR count). The van der Waals surface area contributed by atoms with E-state index in [4.69, 9.17) is 4.42 Å². The molecule has 0 atom stereocenters. The number of nitrogens with zero attached hydrogens (tertiary/aromatic N) is 3. The lowest BCUT2D eigenvalue weighted by Crippen LogP contribution is -2.27. The zero-order chi connectivity index (χ0) is 17.6. The van der Waals surface area contributed by atoms with Crippen LogP contribution >= 0.6 is 11.8 Å². The highest BCUT2D eigenvalue weighted by Crippen LogP contribution is 2.24. The normalized spacial score (nSPS) is 10.8. The quantitative estimate of drug-likeness (QED) is 0.517. The number of benzene rings is 1. The van der Waals surface area contributed by atoms with Crippen molar-refractivity contribution in [3.8, 4) is 0 Å². The minimum atomic E-state index is 0.00293. The number of rotatable bonds is 7. The van der Waals surface area contributed by atoms with Crippen molar-refractivity contribution in [1.82, 2.24) is 14.9 Å². The summed E-state index contributed by atoms with van der Waals surface area (Å²) >= 11 is 1.34. The first-order valence-electron chi connectivity index (χ1n) is 8.07. The smallest absolute Gasteiger partial charge is 0.233 e. The van der Waals surface area contributed by atoms with E-state index in [1.165, 1.54) is 11.8 Å². The van der Waals surface area contributed by atoms with Crippen LogP contribution in [0.1, 0.15) is 12.7 Å². The third kappa shape index (κ3) is 4.30. The van der Waals surface area contributed by atoms with Gasteiger partial charge in [-0.2, -0.15) is 0 Å². The highest BCUT2D eigenvalue weighted by atomic mass is 32.2.